The zero-order valence-corrected chi connectivity index (χ0v) is 22.6. The number of aliphatic hydroxyl groups excluding tert-OH is 1. The van der Waals surface area contributed by atoms with Crippen molar-refractivity contribution >= 4 is 38.8 Å². The van der Waals surface area contributed by atoms with Gasteiger partial charge in [0.05, 0.1) is 42.9 Å². The van der Waals surface area contributed by atoms with Crippen LogP contribution in [0.3, 0.4) is 0 Å². The summed E-state index contributed by atoms with van der Waals surface area (Å²) >= 11 is 1.41. The number of carbonyl (C=O) groups excluding carboxylic acids is 2. The van der Waals surface area contributed by atoms with Gasteiger partial charge in [-0.2, -0.15) is 4.31 Å². The number of morpholine rings is 2. The number of sulfonamides is 1. The van der Waals surface area contributed by atoms with E-state index in [0.29, 0.717) is 39.4 Å². The van der Waals surface area contributed by atoms with Crippen LogP contribution in [0.25, 0.3) is 5.76 Å². The molecule has 4 heterocycles. The number of hydrogen-bond acceptors (Lipinski definition) is 9. The molecule has 12 heteroatoms. The number of thiophene rings is 1. The minimum atomic E-state index is -3.70. The van der Waals surface area contributed by atoms with Gasteiger partial charge in [0.1, 0.15) is 5.76 Å². The largest absolute Gasteiger partial charge is 0.507 e. The Morgan fingerprint density at radius 3 is 2.24 bits per heavy atom. The summed E-state index contributed by atoms with van der Waals surface area (Å²) in [6.45, 7) is 5.44. The van der Waals surface area contributed by atoms with Gasteiger partial charge in [-0.25, -0.2) is 8.42 Å². The predicted molar refractivity (Wildman–Crippen MR) is 141 cm³/mol. The number of likely N-dealkylation sites (tertiary alicyclic amines) is 1. The van der Waals surface area contributed by atoms with Gasteiger partial charge in [0.15, 0.2) is 0 Å². The Hall–Kier alpha value is -2.61. The summed E-state index contributed by atoms with van der Waals surface area (Å²) in [6, 6.07) is 8.77. The summed E-state index contributed by atoms with van der Waals surface area (Å²) in [6.07, 6.45) is 0.684. The first-order valence-electron chi connectivity index (χ1n) is 12.7. The minimum absolute atomic E-state index is 0.0209. The van der Waals surface area contributed by atoms with E-state index in [4.69, 9.17) is 9.47 Å². The second kappa shape index (κ2) is 11.6. The van der Waals surface area contributed by atoms with Crippen LogP contribution in [0.15, 0.2) is 52.2 Å². The molecule has 1 N–H and O–H groups in total. The normalized spacial score (nSPS) is 23.3. The molecule has 0 aliphatic carbocycles. The van der Waals surface area contributed by atoms with Crippen molar-refractivity contribution in [1.29, 1.82) is 0 Å². The van der Waals surface area contributed by atoms with Crippen LogP contribution < -0.4 is 0 Å². The molecule has 3 fully saturated rings. The average Bonchev–Trinajstić information content (AvgIpc) is 3.57. The molecule has 204 valence electrons. The van der Waals surface area contributed by atoms with Crippen LogP contribution in [-0.2, 0) is 29.1 Å². The van der Waals surface area contributed by atoms with Gasteiger partial charge in [-0.1, -0.05) is 6.07 Å². The number of amides is 1. The first kappa shape index (κ1) is 27.0. The van der Waals surface area contributed by atoms with Crippen molar-refractivity contribution in [3.8, 4) is 0 Å². The van der Waals surface area contributed by atoms with Crippen LogP contribution in [0.4, 0.5) is 0 Å². The SMILES string of the molecule is O=C1C(=O)N(CCCN2CCOCC2)C(c2cccs2)/C1=C(\O)c1ccc(S(=O)(=O)N2CCOCC2)cc1. The monoisotopic (exact) mass is 561 g/mol. The van der Waals surface area contributed by atoms with E-state index in [-0.39, 0.29) is 34.9 Å². The number of nitrogens with zero attached hydrogens (tertiary/aromatic N) is 3. The molecule has 3 saturated heterocycles. The lowest BCUT2D eigenvalue weighted by atomic mass is 10.00. The summed E-state index contributed by atoms with van der Waals surface area (Å²) in [5.41, 5.74) is 0.298. The molecule has 2 aromatic rings. The van der Waals surface area contributed by atoms with Crippen molar-refractivity contribution in [2.75, 3.05) is 65.7 Å². The van der Waals surface area contributed by atoms with Crippen molar-refractivity contribution < 1.29 is 32.6 Å². The molecule has 0 saturated carbocycles. The van der Waals surface area contributed by atoms with E-state index >= 15 is 0 Å². The maximum absolute atomic E-state index is 13.2. The summed E-state index contributed by atoms with van der Waals surface area (Å²) < 4.78 is 37.9. The van der Waals surface area contributed by atoms with Gasteiger partial charge in [0.2, 0.25) is 10.0 Å². The van der Waals surface area contributed by atoms with E-state index in [2.05, 4.69) is 4.90 Å². The summed E-state index contributed by atoms with van der Waals surface area (Å²) in [5.74, 6) is -1.69. The molecule has 0 radical (unpaired) electrons. The molecular formula is C26H31N3O7S2. The number of hydrogen-bond donors (Lipinski definition) is 1. The summed E-state index contributed by atoms with van der Waals surface area (Å²) in [5, 5.41) is 13.1. The zero-order valence-electron chi connectivity index (χ0n) is 21.0. The van der Waals surface area contributed by atoms with Gasteiger partial charge in [0, 0.05) is 49.7 Å². The number of carbonyl (C=O) groups is 2. The summed E-state index contributed by atoms with van der Waals surface area (Å²) in [4.78, 5) is 31.0. The van der Waals surface area contributed by atoms with E-state index in [1.54, 1.807) is 0 Å². The smallest absolute Gasteiger partial charge is 0.295 e. The van der Waals surface area contributed by atoms with Crippen molar-refractivity contribution in [1.82, 2.24) is 14.1 Å². The molecule has 1 atom stereocenters. The first-order chi connectivity index (χ1) is 18.4. The Balaban J connectivity index is 1.40. The Labute approximate surface area is 226 Å². The van der Waals surface area contributed by atoms with Gasteiger partial charge in [-0.3, -0.25) is 14.5 Å². The van der Waals surface area contributed by atoms with Gasteiger partial charge in [-0.05, 0) is 42.1 Å². The molecule has 3 aliphatic heterocycles. The maximum Gasteiger partial charge on any atom is 0.295 e. The lowest BCUT2D eigenvalue weighted by Gasteiger charge is -2.28. The predicted octanol–water partition coefficient (Wildman–Crippen LogP) is 1.91. The molecule has 1 aromatic heterocycles. The third kappa shape index (κ3) is 5.42. The number of rotatable bonds is 8. The Morgan fingerprint density at radius 2 is 1.61 bits per heavy atom. The number of benzene rings is 1. The van der Waals surface area contributed by atoms with Crippen LogP contribution >= 0.6 is 11.3 Å². The van der Waals surface area contributed by atoms with Gasteiger partial charge >= 0.3 is 0 Å². The molecule has 0 bridgehead atoms. The van der Waals surface area contributed by atoms with Crippen molar-refractivity contribution in [3.63, 3.8) is 0 Å². The number of ether oxygens (including phenoxy) is 2. The van der Waals surface area contributed by atoms with Crippen LogP contribution in [-0.4, -0.2) is 105 Å². The highest BCUT2D eigenvalue weighted by molar-refractivity contribution is 7.89. The van der Waals surface area contributed by atoms with Crippen LogP contribution in [0.2, 0.25) is 0 Å². The molecule has 3 aliphatic rings. The molecule has 1 amide bonds. The van der Waals surface area contributed by atoms with E-state index in [1.807, 2.05) is 17.5 Å². The number of aliphatic hydroxyl groups is 1. The first-order valence-corrected chi connectivity index (χ1v) is 15.0. The molecule has 10 nitrogen and oxygen atoms in total. The lowest BCUT2D eigenvalue weighted by Crippen LogP contribution is -2.40. The Morgan fingerprint density at radius 1 is 0.947 bits per heavy atom. The zero-order chi connectivity index (χ0) is 26.7. The van der Waals surface area contributed by atoms with Crippen molar-refractivity contribution in [3.05, 3.63) is 57.8 Å². The molecule has 1 unspecified atom stereocenters. The van der Waals surface area contributed by atoms with E-state index in [9.17, 15) is 23.1 Å². The highest BCUT2D eigenvalue weighted by atomic mass is 32.2. The Kier molecular flexibility index (Phi) is 8.26. The third-order valence-electron chi connectivity index (χ3n) is 7.07. The second-order valence-electron chi connectivity index (χ2n) is 9.36. The average molecular weight is 562 g/mol. The van der Waals surface area contributed by atoms with E-state index < -0.39 is 27.8 Å². The minimum Gasteiger partial charge on any atom is -0.507 e. The lowest BCUT2D eigenvalue weighted by molar-refractivity contribution is -0.140. The molecule has 1 aromatic carbocycles. The van der Waals surface area contributed by atoms with Gasteiger partial charge in [-0.15, -0.1) is 11.3 Å². The molecule has 38 heavy (non-hydrogen) atoms. The van der Waals surface area contributed by atoms with Gasteiger partial charge in [0.25, 0.3) is 11.7 Å². The van der Waals surface area contributed by atoms with E-state index in [0.717, 1.165) is 24.5 Å². The highest BCUT2D eigenvalue weighted by Crippen LogP contribution is 2.41. The topological polar surface area (TPSA) is 117 Å². The fourth-order valence-corrected chi connectivity index (χ4v) is 7.27. The van der Waals surface area contributed by atoms with Crippen LogP contribution in [0, 0.1) is 0 Å². The molecular weight excluding hydrogens is 530 g/mol. The standard InChI is InChI=1S/C26H31N3O7S2/c30-24(19-4-6-20(7-5-19)38(33,34)28-12-16-36-17-13-28)22-23(21-3-1-18-37-21)29(26(32)25(22)31)9-2-8-27-10-14-35-15-11-27/h1,3-7,18,23,30H,2,8-17H2/b24-22+. The van der Waals surface area contributed by atoms with Crippen molar-refractivity contribution in [2.24, 2.45) is 0 Å². The number of ketones is 1. The van der Waals surface area contributed by atoms with E-state index in [1.165, 1.54) is 44.8 Å². The summed E-state index contributed by atoms with van der Waals surface area (Å²) in [7, 11) is -3.70. The van der Waals surface area contributed by atoms with Crippen LogP contribution in [0.5, 0.6) is 0 Å². The van der Waals surface area contributed by atoms with Crippen molar-refractivity contribution in [2.45, 2.75) is 17.4 Å². The second-order valence-corrected chi connectivity index (χ2v) is 12.3. The number of Topliss-reactive ketones (excluding diaryl/α,β-unsaturated/α-hetero) is 1. The van der Waals surface area contributed by atoms with Gasteiger partial charge < -0.3 is 19.5 Å². The third-order valence-corrected chi connectivity index (χ3v) is 9.90. The maximum atomic E-state index is 13.2. The highest BCUT2D eigenvalue weighted by Gasteiger charge is 2.46. The Bertz CT molecular complexity index is 1280. The van der Waals surface area contributed by atoms with Crippen LogP contribution in [0.1, 0.15) is 22.9 Å². The fourth-order valence-electron chi connectivity index (χ4n) is 5.02. The fraction of sp³-hybridized carbons (Fsp3) is 0.462. The molecule has 5 rings (SSSR count). The molecule has 0 spiro atoms. The quantitative estimate of drug-likeness (QED) is 0.295.